The fourth-order valence-electron chi connectivity index (χ4n) is 1.43. The first kappa shape index (κ1) is 10.9. The van der Waals surface area contributed by atoms with Gasteiger partial charge in [0.15, 0.2) is 0 Å². The molecule has 14 heavy (non-hydrogen) atoms. The van der Waals surface area contributed by atoms with Gasteiger partial charge in [-0.2, -0.15) is 0 Å². The molecule has 0 amide bonds. The molecule has 0 saturated carbocycles. The quantitative estimate of drug-likeness (QED) is 0.739. The molecule has 0 aromatic carbocycles. The molecule has 1 rings (SSSR count). The lowest BCUT2D eigenvalue weighted by Crippen LogP contribution is -2.19. The van der Waals surface area contributed by atoms with Crippen molar-refractivity contribution in [3.63, 3.8) is 0 Å². The molecule has 1 aromatic heterocycles. The lowest BCUT2D eigenvalue weighted by molar-refractivity contribution is 0.298. The second-order valence-electron chi connectivity index (χ2n) is 3.30. The first-order valence-corrected chi connectivity index (χ1v) is 4.88. The summed E-state index contributed by atoms with van der Waals surface area (Å²) in [7, 11) is 0. The molecule has 0 spiro atoms. The van der Waals surface area contributed by atoms with Crippen LogP contribution in [0.15, 0.2) is 4.79 Å². The van der Waals surface area contributed by atoms with E-state index in [9.17, 15) is 4.79 Å². The van der Waals surface area contributed by atoms with Crippen molar-refractivity contribution in [2.75, 3.05) is 6.61 Å². The molecule has 4 heteroatoms. The molecule has 78 valence electrons. The Morgan fingerprint density at radius 3 is 2.64 bits per heavy atom. The number of hydrogen-bond acceptors (Lipinski definition) is 3. The molecular formula is C10H16N2O2. The van der Waals surface area contributed by atoms with Crippen molar-refractivity contribution in [3.05, 3.63) is 27.4 Å². The first-order valence-electron chi connectivity index (χ1n) is 4.88. The van der Waals surface area contributed by atoms with E-state index in [1.165, 1.54) is 0 Å². The summed E-state index contributed by atoms with van der Waals surface area (Å²) in [5.41, 5.74) is 1.20. The third kappa shape index (κ3) is 2.42. The molecule has 4 nitrogen and oxygen atoms in total. The number of hydrogen-bond donors (Lipinski definition) is 2. The largest absolute Gasteiger partial charge is 0.396 e. The number of rotatable bonds is 4. The number of H-pyrrole nitrogens is 1. The SMILES string of the molecule is CCCc1nc(C)c(CCO)c(=O)[nH]1. The van der Waals surface area contributed by atoms with E-state index < -0.39 is 0 Å². The predicted molar refractivity (Wildman–Crippen MR) is 54.4 cm³/mol. The van der Waals surface area contributed by atoms with Gasteiger partial charge in [0.2, 0.25) is 0 Å². The average molecular weight is 196 g/mol. The summed E-state index contributed by atoms with van der Waals surface area (Å²) in [6.07, 6.45) is 2.12. The summed E-state index contributed by atoms with van der Waals surface area (Å²) in [4.78, 5) is 18.5. The van der Waals surface area contributed by atoms with Crippen molar-refractivity contribution in [1.29, 1.82) is 0 Å². The van der Waals surface area contributed by atoms with Gasteiger partial charge >= 0.3 is 0 Å². The predicted octanol–water partition coefficient (Wildman–Crippen LogP) is 0.566. The fourth-order valence-corrected chi connectivity index (χ4v) is 1.43. The number of aryl methyl sites for hydroxylation is 2. The molecule has 0 aliphatic heterocycles. The van der Waals surface area contributed by atoms with Crippen molar-refractivity contribution in [3.8, 4) is 0 Å². The van der Waals surface area contributed by atoms with Crippen LogP contribution in [0.2, 0.25) is 0 Å². The number of nitrogens with zero attached hydrogens (tertiary/aromatic N) is 1. The maximum Gasteiger partial charge on any atom is 0.254 e. The van der Waals surface area contributed by atoms with Crippen LogP contribution in [-0.2, 0) is 12.8 Å². The van der Waals surface area contributed by atoms with Gasteiger partial charge < -0.3 is 10.1 Å². The van der Waals surface area contributed by atoms with Gasteiger partial charge in [-0.3, -0.25) is 4.79 Å². The maximum absolute atomic E-state index is 11.5. The van der Waals surface area contributed by atoms with Gasteiger partial charge in [0.1, 0.15) is 5.82 Å². The van der Waals surface area contributed by atoms with Crippen molar-refractivity contribution >= 4 is 0 Å². The van der Waals surface area contributed by atoms with Gasteiger partial charge in [0.25, 0.3) is 5.56 Å². The molecule has 2 N–H and O–H groups in total. The number of aromatic amines is 1. The molecule has 0 aliphatic carbocycles. The Labute approximate surface area is 83.0 Å². The normalized spacial score (nSPS) is 10.5. The molecule has 1 heterocycles. The van der Waals surface area contributed by atoms with Crippen LogP contribution >= 0.6 is 0 Å². The van der Waals surface area contributed by atoms with Gasteiger partial charge in [0.05, 0.1) is 0 Å². The minimum absolute atomic E-state index is 0.0152. The minimum atomic E-state index is -0.116. The van der Waals surface area contributed by atoms with Crippen molar-refractivity contribution in [2.45, 2.75) is 33.1 Å². The molecule has 0 unspecified atom stereocenters. The molecule has 0 aliphatic rings. The summed E-state index contributed by atoms with van der Waals surface area (Å²) in [5, 5.41) is 8.76. The number of aliphatic hydroxyl groups is 1. The Bertz CT molecular complexity index is 358. The van der Waals surface area contributed by atoms with Gasteiger partial charge in [-0.25, -0.2) is 4.98 Å². The van der Waals surface area contributed by atoms with Crippen molar-refractivity contribution in [1.82, 2.24) is 9.97 Å². The highest BCUT2D eigenvalue weighted by Gasteiger charge is 2.06. The molecule has 0 fully saturated rings. The average Bonchev–Trinajstić information content (AvgIpc) is 2.12. The molecular weight excluding hydrogens is 180 g/mol. The Hall–Kier alpha value is -1.16. The van der Waals surface area contributed by atoms with Gasteiger partial charge in [-0.1, -0.05) is 6.92 Å². The van der Waals surface area contributed by atoms with Crippen LogP contribution < -0.4 is 5.56 Å². The monoisotopic (exact) mass is 196 g/mol. The van der Waals surface area contributed by atoms with E-state index in [2.05, 4.69) is 9.97 Å². The molecule has 0 atom stereocenters. The second kappa shape index (κ2) is 4.91. The maximum atomic E-state index is 11.5. The smallest absolute Gasteiger partial charge is 0.254 e. The van der Waals surface area contributed by atoms with E-state index in [-0.39, 0.29) is 12.2 Å². The van der Waals surface area contributed by atoms with Crippen molar-refractivity contribution < 1.29 is 5.11 Å². The zero-order valence-corrected chi connectivity index (χ0v) is 8.63. The van der Waals surface area contributed by atoms with E-state index in [0.29, 0.717) is 12.0 Å². The van der Waals surface area contributed by atoms with Crippen LogP contribution in [0.4, 0.5) is 0 Å². The van der Waals surface area contributed by atoms with Crippen LogP contribution in [-0.4, -0.2) is 21.7 Å². The van der Waals surface area contributed by atoms with Crippen LogP contribution in [0, 0.1) is 6.92 Å². The lowest BCUT2D eigenvalue weighted by atomic mass is 10.2. The van der Waals surface area contributed by atoms with E-state index in [0.717, 1.165) is 24.4 Å². The molecule has 0 bridgehead atoms. The van der Waals surface area contributed by atoms with Crippen LogP contribution in [0.25, 0.3) is 0 Å². The van der Waals surface area contributed by atoms with Crippen molar-refractivity contribution in [2.24, 2.45) is 0 Å². The van der Waals surface area contributed by atoms with Crippen LogP contribution in [0.3, 0.4) is 0 Å². The zero-order valence-electron chi connectivity index (χ0n) is 8.63. The topological polar surface area (TPSA) is 66.0 Å². The Balaban J connectivity index is 3.05. The number of nitrogens with one attached hydrogen (secondary N) is 1. The van der Waals surface area contributed by atoms with E-state index in [1.807, 2.05) is 6.92 Å². The van der Waals surface area contributed by atoms with Crippen LogP contribution in [0.5, 0.6) is 0 Å². The highest BCUT2D eigenvalue weighted by molar-refractivity contribution is 5.16. The zero-order chi connectivity index (χ0) is 10.6. The second-order valence-corrected chi connectivity index (χ2v) is 3.30. The lowest BCUT2D eigenvalue weighted by Gasteiger charge is -2.04. The summed E-state index contributed by atoms with van der Waals surface area (Å²) in [5.74, 6) is 0.733. The fraction of sp³-hybridized carbons (Fsp3) is 0.600. The number of aromatic nitrogens is 2. The number of aliphatic hydroxyl groups excluding tert-OH is 1. The van der Waals surface area contributed by atoms with E-state index in [1.54, 1.807) is 6.92 Å². The van der Waals surface area contributed by atoms with E-state index in [4.69, 9.17) is 5.11 Å². The van der Waals surface area contributed by atoms with Gasteiger partial charge in [0, 0.05) is 30.7 Å². The molecule has 1 aromatic rings. The summed E-state index contributed by atoms with van der Waals surface area (Å²) in [6.45, 7) is 3.83. The Morgan fingerprint density at radius 2 is 2.14 bits per heavy atom. The minimum Gasteiger partial charge on any atom is -0.396 e. The first-order chi connectivity index (χ1) is 6.69. The summed E-state index contributed by atoms with van der Waals surface area (Å²) >= 11 is 0. The van der Waals surface area contributed by atoms with Gasteiger partial charge in [-0.05, 0) is 13.3 Å². The molecule has 0 saturated heterocycles. The Morgan fingerprint density at radius 1 is 1.43 bits per heavy atom. The third-order valence-electron chi connectivity index (χ3n) is 2.12. The third-order valence-corrected chi connectivity index (χ3v) is 2.12. The highest BCUT2D eigenvalue weighted by Crippen LogP contribution is 2.01. The highest BCUT2D eigenvalue weighted by atomic mass is 16.3. The standard InChI is InChI=1S/C10H16N2O2/c1-3-4-9-11-7(2)8(5-6-13)10(14)12-9/h13H,3-6H2,1-2H3,(H,11,12,14). The Kier molecular flexibility index (Phi) is 3.83. The summed E-state index contributed by atoms with van der Waals surface area (Å²) in [6, 6.07) is 0. The molecule has 0 radical (unpaired) electrons. The van der Waals surface area contributed by atoms with E-state index >= 15 is 0 Å². The summed E-state index contributed by atoms with van der Waals surface area (Å²) < 4.78 is 0. The van der Waals surface area contributed by atoms with Gasteiger partial charge in [-0.15, -0.1) is 0 Å². The van der Waals surface area contributed by atoms with Crippen LogP contribution in [0.1, 0.15) is 30.4 Å².